The third kappa shape index (κ3) is 4.84. The summed E-state index contributed by atoms with van der Waals surface area (Å²) in [6.45, 7) is 0.543. The van der Waals surface area contributed by atoms with Crippen molar-refractivity contribution in [3.63, 3.8) is 0 Å². The van der Waals surface area contributed by atoms with Crippen LogP contribution < -0.4 is 5.32 Å². The zero-order chi connectivity index (χ0) is 15.6. The van der Waals surface area contributed by atoms with Crippen LogP contribution in [0.3, 0.4) is 0 Å². The van der Waals surface area contributed by atoms with Crippen molar-refractivity contribution in [2.45, 2.75) is 30.6 Å². The Labute approximate surface area is 141 Å². The maximum atomic E-state index is 12.1. The Hall–Kier alpha value is -0.300. The van der Waals surface area contributed by atoms with Gasteiger partial charge in [0.25, 0.3) is 15.0 Å². The lowest BCUT2D eigenvalue weighted by Gasteiger charge is -2.09. The largest absolute Gasteiger partial charge is 0.352 e. The van der Waals surface area contributed by atoms with E-state index in [2.05, 4.69) is 21.2 Å². The fourth-order valence-corrected chi connectivity index (χ4v) is 3.56. The summed E-state index contributed by atoms with van der Waals surface area (Å²) in [7, 11) is 1.38. The van der Waals surface area contributed by atoms with Crippen LogP contribution >= 0.6 is 38.2 Å². The van der Waals surface area contributed by atoms with Crippen LogP contribution in [0.15, 0.2) is 21.5 Å². The first kappa shape index (κ1) is 17.1. The molecule has 0 heterocycles. The molecule has 1 aliphatic rings. The second kappa shape index (κ2) is 6.86. The minimum atomic E-state index is -3.92. The molecule has 1 N–H and O–H groups in total. The standard InChI is InChI=1S/C13H14BrCl2NO3S/c14-11-7-9(21(16,19)20)6-10(12(11)15)13(18)17-5-1-2-8-3-4-8/h6-8H,1-5H2,(H,17,18). The Kier molecular flexibility index (Phi) is 5.57. The lowest BCUT2D eigenvalue weighted by Crippen LogP contribution is -2.25. The predicted molar refractivity (Wildman–Crippen MR) is 86.5 cm³/mol. The third-order valence-corrected chi connectivity index (χ3v) is 5.89. The van der Waals surface area contributed by atoms with Crippen LogP contribution in [-0.2, 0) is 9.05 Å². The molecule has 1 saturated carbocycles. The number of carbonyl (C=O) groups is 1. The molecule has 1 aromatic carbocycles. The molecule has 0 saturated heterocycles. The highest BCUT2D eigenvalue weighted by molar-refractivity contribution is 9.10. The van der Waals surface area contributed by atoms with Gasteiger partial charge in [0.1, 0.15) is 0 Å². The molecule has 4 nitrogen and oxygen atoms in total. The zero-order valence-electron chi connectivity index (χ0n) is 11.0. The Morgan fingerprint density at radius 2 is 2.05 bits per heavy atom. The molecule has 0 atom stereocenters. The number of nitrogens with one attached hydrogen (secondary N) is 1. The molecule has 0 spiro atoms. The Balaban J connectivity index is 2.09. The first-order chi connectivity index (χ1) is 9.79. The maximum Gasteiger partial charge on any atom is 0.261 e. The van der Waals surface area contributed by atoms with Gasteiger partial charge in [-0.25, -0.2) is 8.42 Å². The fraction of sp³-hybridized carbons (Fsp3) is 0.462. The van der Waals surface area contributed by atoms with Crippen molar-refractivity contribution in [2.24, 2.45) is 5.92 Å². The lowest BCUT2D eigenvalue weighted by molar-refractivity contribution is 0.0952. The van der Waals surface area contributed by atoms with Crippen LogP contribution in [0.2, 0.25) is 5.02 Å². The summed E-state index contributed by atoms with van der Waals surface area (Å²) in [6, 6.07) is 2.46. The number of halogens is 3. The number of rotatable bonds is 6. The minimum absolute atomic E-state index is 0.0942. The van der Waals surface area contributed by atoms with E-state index in [1.807, 2.05) is 0 Å². The molecular weight excluding hydrogens is 401 g/mol. The first-order valence-corrected chi connectivity index (χ1v) is 9.99. The van der Waals surface area contributed by atoms with Gasteiger partial charge in [-0.2, -0.15) is 0 Å². The Morgan fingerprint density at radius 1 is 1.38 bits per heavy atom. The second-order valence-electron chi connectivity index (χ2n) is 5.05. The van der Waals surface area contributed by atoms with Gasteiger partial charge < -0.3 is 5.32 Å². The molecule has 2 rings (SSSR count). The van der Waals surface area contributed by atoms with Gasteiger partial charge in [0, 0.05) is 21.7 Å². The van der Waals surface area contributed by atoms with Crippen LogP contribution in [0, 0.1) is 5.92 Å². The Morgan fingerprint density at radius 3 is 2.62 bits per heavy atom. The van der Waals surface area contributed by atoms with Crippen molar-refractivity contribution in [3.8, 4) is 0 Å². The topological polar surface area (TPSA) is 63.2 Å². The number of hydrogen-bond acceptors (Lipinski definition) is 3. The van der Waals surface area contributed by atoms with E-state index < -0.39 is 15.0 Å². The van der Waals surface area contributed by atoms with E-state index in [0.717, 1.165) is 18.8 Å². The molecule has 8 heteroatoms. The van der Waals surface area contributed by atoms with E-state index in [9.17, 15) is 13.2 Å². The van der Waals surface area contributed by atoms with E-state index in [0.29, 0.717) is 11.0 Å². The van der Waals surface area contributed by atoms with Gasteiger partial charge in [0.05, 0.1) is 15.5 Å². The van der Waals surface area contributed by atoms with Crippen LogP contribution in [0.4, 0.5) is 0 Å². The lowest BCUT2D eigenvalue weighted by atomic mass is 10.2. The molecule has 116 valence electrons. The van der Waals surface area contributed by atoms with E-state index >= 15 is 0 Å². The van der Waals surface area contributed by atoms with E-state index in [4.69, 9.17) is 22.3 Å². The molecule has 0 bridgehead atoms. The predicted octanol–water partition coefficient (Wildman–Crippen LogP) is 3.95. The molecule has 0 aliphatic heterocycles. The molecular formula is C13H14BrCl2NO3S. The van der Waals surface area contributed by atoms with E-state index in [1.165, 1.54) is 25.0 Å². The highest BCUT2D eigenvalue weighted by Gasteiger charge is 2.21. The first-order valence-electron chi connectivity index (χ1n) is 6.51. The normalized spacial score (nSPS) is 15.0. The molecule has 0 radical (unpaired) electrons. The Bertz CT molecular complexity index is 660. The van der Waals surface area contributed by atoms with E-state index in [1.54, 1.807) is 0 Å². The number of hydrogen-bond donors (Lipinski definition) is 1. The van der Waals surface area contributed by atoms with Crippen LogP contribution in [0.5, 0.6) is 0 Å². The van der Waals surface area contributed by atoms with Gasteiger partial charge in [-0.15, -0.1) is 0 Å². The van der Waals surface area contributed by atoms with E-state index in [-0.39, 0.29) is 15.5 Å². The summed E-state index contributed by atoms with van der Waals surface area (Å²) in [5, 5.41) is 2.91. The number of benzene rings is 1. The molecule has 1 fully saturated rings. The summed E-state index contributed by atoms with van der Waals surface area (Å²) in [4.78, 5) is 11.9. The van der Waals surface area contributed by atoms with Crippen LogP contribution in [0.1, 0.15) is 36.0 Å². The maximum absolute atomic E-state index is 12.1. The van der Waals surface area contributed by atoms with Gasteiger partial charge in [-0.05, 0) is 46.8 Å². The molecule has 0 aromatic heterocycles. The van der Waals surface area contributed by atoms with Gasteiger partial charge in [0.2, 0.25) is 0 Å². The quantitative estimate of drug-likeness (QED) is 0.566. The van der Waals surface area contributed by atoms with Crippen LogP contribution in [-0.4, -0.2) is 20.9 Å². The fourth-order valence-electron chi connectivity index (χ4n) is 1.96. The third-order valence-electron chi connectivity index (χ3n) is 3.30. The van der Waals surface area contributed by atoms with Crippen molar-refractivity contribution >= 4 is 53.2 Å². The summed E-state index contributed by atoms with van der Waals surface area (Å²) in [6.07, 6.45) is 4.57. The summed E-state index contributed by atoms with van der Waals surface area (Å²) in [5.74, 6) is 0.406. The number of carbonyl (C=O) groups excluding carboxylic acids is 1. The van der Waals surface area contributed by atoms with Crippen molar-refractivity contribution in [3.05, 3.63) is 27.2 Å². The van der Waals surface area contributed by atoms with Crippen molar-refractivity contribution in [2.75, 3.05) is 6.54 Å². The number of amides is 1. The summed E-state index contributed by atoms with van der Waals surface area (Å²) < 4.78 is 23.1. The van der Waals surface area contributed by atoms with Gasteiger partial charge in [-0.1, -0.05) is 24.4 Å². The summed E-state index contributed by atoms with van der Waals surface area (Å²) >= 11 is 9.17. The average Bonchev–Trinajstić information content (AvgIpc) is 3.20. The molecule has 21 heavy (non-hydrogen) atoms. The highest BCUT2D eigenvalue weighted by atomic mass is 79.9. The van der Waals surface area contributed by atoms with Gasteiger partial charge in [0.15, 0.2) is 0 Å². The molecule has 1 aliphatic carbocycles. The van der Waals surface area contributed by atoms with Gasteiger partial charge >= 0.3 is 0 Å². The molecule has 1 amide bonds. The summed E-state index contributed by atoms with van der Waals surface area (Å²) in [5.41, 5.74) is 0.0942. The van der Waals surface area contributed by atoms with Crippen molar-refractivity contribution < 1.29 is 13.2 Å². The smallest absolute Gasteiger partial charge is 0.261 e. The zero-order valence-corrected chi connectivity index (χ0v) is 14.9. The average molecular weight is 415 g/mol. The van der Waals surface area contributed by atoms with Gasteiger partial charge in [-0.3, -0.25) is 4.79 Å². The minimum Gasteiger partial charge on any atom is -0.352 e. The molecule has 1 aromatic rings. The monoisotopic (exact) mass is 413 g/mol. The SMILES string of the molecule is O=C(NCCCC1CC1)c1cc(S(=O)(=O)Cl)cc(Br)c1Cl. The van der Waals surface area contributed by atoms with Crippen LogP contribution in [0.25, 0.3) is 0 Å². The van der Waals surface area contributed by atoms with Crippen molar-refractivity contribution in [1.82, 2.24) is 5.32 Å². The highest BCUT2D eigenvalue weighted by Crippen LogP contribution is 2.33. The second-order valence-corrected chi connectivity index (χ2v) is 8.84. The van der Waals surface area contributed by atoms with Crippen molar-refractivity contribution in [1.29, 1.82) is 0 Å². The molecule has 0 unspecified atom stereocenters.